The van der Waals surface area contributed by atoms with Crippen LogP contribution in [0.25, 0.3) is 5.65 Å². The molecule has 0 aliphatic heterocycles. The highest BCUT2D eigenvalue weighted by Crippen LogP contribution is 2.01. The fraction of sp³-hybridized carbons (Fsp3) is 0.125. The van der Waals surface area contributed by atoms with Crippen LogP contribution in [-0.4, -0.2) is 9.38 Å². The number of aromatic nitrogens is 2. The molecule has 1 radical (unpaired) electrons. The first-order valence-corrected chi connectivity index (χ1v) is 3.19. The van der Waals surface area contributed by atoms with Gasteiger partial charge >= 0.3 is 0 Å². The van der Waals surface area contributed by atoms with Crippen molar-refractivity contribution in [2.24, 2.45) is 0 Å². The third kappa shape index (κ3) is 0.692. The summed E-state index contributed by atoms with van der Waals surface area (Å²) in [5.41, 5.74) is 1.99. The van der Waals surface area contributed by atoms with Gasteiger partial charge in [-0.3, -0.25) is 4.40 Å². The van der Waals surface area contributed by atoms with Gasteiger partial charge in [0.25, 0.3) is 0 Å². The first kappa shape index (κ1) is 5.47. The molecule has 2 heterocycles. The number of hydrogen-bond donors (Lipinski definition) is 0. The Morgan fingerprint density at radius 1 is 1.60 bits per heavy atom. The summed E-state index contributed by atoms with van der Waals surface area (Å²) in [6.45, 7) is 1.97. The van der Waals surface area contributed by atoms with Crippen LogP contribution in [-0.2, 0) is 0 Å². The van der Waals surface area contributed by atoms with Crippen LogP contribution in [0.15, 0.2) is 24.4 Å². The van der Waals surface area contributed by atoms with E-state index in [1.807, 2.05) is 35.7 Å². The number of nitrogens with zero attached hydrogens (tertiary/aromatic N) is 2. The molecule has 49 valence electrons. The van der Waals surface area contributed by atoms with E-state index in [1.54, 1.807) is 0 Å². The Morgan fingerprint density at radius 3 is 3.30 bits per heavy atom. The second-order valence-corrected chi connectivity index (χ2v) is 2.27. The largest absolute Gasteiger partial charge is 0.298 e. The standard InChI is InChI=1S/C8H7N2/c1-7-6-10-5-3-2-4-8(10)9-7/h2-4,6H,1H3. The molecule has 0 saturated carbocycles. The van der Waals surface area contributed by atoms with Gasteiger partial charge in [-0.1, -0.05) is 6.07 Å². The maximum Gasteiger partial charge on any atom is 0.137 e. The lowest BCUT2D eigenvalue weighted by Gasteiger charge is -1.85. The first-order valence-electron chi connectivity index (χ1n) is 3.19. The van der Waals surface area contributed by atoms with E-state index in [1.165, 1.54) is 0 Å². The number of pyridine rings is 1. The van der Waals surface area contributed by atoms with Gasteiger partial charge in [-0.05, 0) is 19.1 Å². The zero-order chi connectivity index (χ0) is 6.97. The smallest absolute Gasteiger partial charge is 0.137 e. The van der Waals surface area contributed by atoms with Gasteiger partial charge in [-0.25, -0.2) is 4.98 Å². The molecule has 0 aliphatic rings. The fourth-order valence-electron chi connectivity index (χ4n) is 0.995. The number of hydrogen-bond acceptors (Lipinski definition) is 1. The fourth-order valence-corrected chi connectivity index (χ4v) is 0.995. The molecular formula is C8H7N2. The highest BCUT2D eigenvalue weighted by molar-refractivity contribution is 5.38. The van der Waals surface area contributed by atoms with Gasteiger partial charge < -0.3 is 0 Å². The van der Waals surface area contributed by atoms with E-state index in [2.05, 4.69) is 11.2 Å². The second-order valence-electron chi connectivity index (χ2n) is 2.27. The number of imidazole rings is 1. The topological polar surface area (TPSA) is 17.3 Å². The van der Waals surface area contributed by atoms with Crippen LogP contribution in [0.4, 0.5) is 0 Å². The van der Waals surface area contributed by atoms with Crippen LogP contribution in [0.1, 0.15) is 5.69 Å². The van der Waals surface area contributed by atoms with Crippen molar-refractivity contribution in [3.05, 3.63) is 36.3 Å². The average molecular weight is 131 g/mol. The van der Waals surface area contributed by atoms with Gasteiger partial charge in [-0.15, -0.1) is 0 Å². The molecule has 10 heavy (non-hydrogen) atoms. The van der Waals surface area contributed by atoms with Crippen molar-refractivity contribution in [2.45, 2.75) is 6.92 Å². The van der Waals surface area contributed by atoms with Crippen LogP contribution in [0, 0.1) is 13.1 Å². The van der Waals surface area contributed by atoms with Crippen molar-refractivity contribution in [1.82, 2.24) is 9.38 Å². The molecule has 2 heteroatoms. The average Bonchev–Trinajstić information content (AvgIpc) is 2.27. The van der Waals surface area contributed by atoms with Crippen molar-refractivity contribution in [3.63, 3.8) is 0 Å². The SMILES string of the molecule is Cc1cn2[c]cccc2n1. The molecule has 0 atom stereocenters. The Bertz CT molecular complexity index is 316. The molecule has 2 nitrogen and oxygen atoms in total. The predicted octanol–water partition coefficient (Wildman–Crippen LogP) is 1.44. The van der Waals surface area contributed by atoms with E-state index in [4.69, 9.17) is 0 Å². The zero-order valence-corrected chi connectivity index (χ0v) is 5.70. The zero-order valence-electron chi connectivity index (χ0n) is 5.70. The molecule has 2 aromatic heterocycles. The Labute approximate surface area is 59.1 Å². The minimum Gasteiger partial charge on any atom is -0.298 e. The summed E-state index contributed by atoms with van der Waals surface area (Å²) < 4.78 is 1.88. The van der Waals surface area contributed by atoms with E-state index >= 15 is 0 Å². The van der Waals surface area contributed by atoms with E-state index in [0.29, 0.717) is 0 Å². The molecule has 0 bridgehead atoms. The lowest BCUT2D eigenvalue weighted by Crippen LogP contribution is -1.78. The van der Waals surface area contributed by atoms with Crippen molar-refractivity contribution in [1.29, 1.82) is 0 Å². The van der Waals surface area contributed by atoms with Gasteiger partial charge in [0, 0.05) is 6.20 Å². The summed E-state index contributed by atoms with van der Waals surface area (Å²) in [5.74, 6) is 0. The summed E-state index contributed by atoms with van der Waals surface area (Å²) in [4.78, 5) is 4.24. The summed E-state index contributed by atoms with van der Waals surface area (Å²) >= 11 is 0. The lowest BCUT2D eigenvalue weighted by atomic mass is 10.5. The third-order valence-electron chi connectivity index (χ3n) is 1.41. The van der Waals surface area contributed by atoms with E-state index in [0.717, 1.165) is 11.3 Å². The van der Waals surface area contributed by atoms with Crippen molar-refractivity contribution >= 4 is 5.65 Å². The molecule has 0 aromatic carbocycles. The van der Waals surface area contributed by atoms with Crippen molar-refractivity contribution in [2.75, 3.05) is 0 Å². The number of aryl methyl sites for hydroxylation is 1. The highest BCUT2D eigenvalue weighted by Gasteiger charge is 1.92. The molecule has 2 aromatic rings. The van der Waals surface area contributed by atoms with Crippen LogP contribution in [0.5, 0.6) is 0 Å². The molecular weight excluding hydrogens is 124 g/mol. The lowest BCUT2D eigenvalue weighted by molar-refractivity contribution is 1.17. The normalized spacial score (nSPS) is 10.5. The minimum atomic E-state index is 0.958. The minimum absolute atomic E-state index is 0.958. The monoisotopic (exact) mass is 131 g/mol. The predicted molar refractivity (Wildman–Crippen MR) is 38.8 cm³/mol. The van der Waals surface area contributed by atoms with Gasteiger partial charge in [0.1, 0.15) is 5.65 Å². The van der Waals surface area contributed by atoms with Crippen molar-refractivity contribution < 1.29 is 0 Å². The van der Waals surface area contributed by atoms with Gasteiger partial charge in [-0.2, -0.15) is 0 Å². The number of fused-ring (bicyclic) bond motifs is 1. The quantitative estimate of drug-likeness (QED) is 0.529. The molecule has 0 N–H and O–H groups in total. The first-order chi connectivity index (χ1) is 4.86. The summed E-state index contributed by atoms with van der Waals surface area (Å²) in [6, 6.07) is 5.76. The van der Waals surface area contributed by atoms with E-state index in [9.17, 15) is 0 Å². The van der Waals surface area contributed by atoms with E-state index < -0.39 is 0 Å². The molecule has 0 unspecified atom stereocenters. The third-order valence-corrected chi connectivity index (χ3v) is 1.41. The van der Waals surface area contributed by atoms with Crippen LogP contribution in [0.2, 0.25) is 0 Å². The number of rotatable bonds is 0. The molecule has 0 spiro atoms. The molecule has 0 fully saturated rings. The van der Waals surface area contributed by atoms with Gasteiger partial charge in [0.2, 0.25) is 0 Å². The molecule has 0 amide bonds. The maximum absolute atomic E-state index is 4.24. The summed E-state index contributed by atoms with van der Waals surface area (Å²) in [6.07, 6.45) is 4.98. The molecule has 2 rings (SSSR count). The van der Waals surface area contributed by atoms with Gasteiger partial charge in [0.05, 0.1) is 11.9 Å². The van der Waals surface area contributed by atoms with E-state index in [-0.39, 0.29) is 0 Å². The summed E-state index contributed by atoms with van der Waals surface area (Å²) in [5, 5.41) is 0. The highest BCUT2D eigenvalue weighted by atomic mass is 15.0. The second kappa shape index (κ2) is 1.84. The van der Waals surface area contributed by atoms with Crippen molar-refractivity contribution in [3.8, 4) is 0 Å². The Morgan fingerprint density at radius 2 is 2.50 bits per heavy atom. The molecule has 0 aliphatic carbocycles. The maximum atomic E-state index is 4.24. The Hall–Kier alpha value is -1.31. The Kier molecular flexibility index (Phi) is 1.01. The van der Waals surface area contributed by atoms with Gasteiger partial charge in [0.15, 0.2) is 0 Å². The Balaban J connectivity index is 2.88. The summed E-state index contributed by atoms with van der Waals surface area (Å²) in [7, 11) is 0. The molecule has 0 saturated heterocycles. The van der Waals surface area contributed by atoms with Crippen LogP contribution in [0.3, 0.4) is 0 Å². The van der Waals surface area contributed by atoms with Crippen LogP contribution >= 0.6 is 0 Å². The van der Waals surface area contributed by atoms with Crippen LogP contribution < -0.4 is 0 Å².